The van der Waals surface area contributed by atoms with Crippen LogP contribution in [0.3, 0.4) is 0 Å². The third kappa shape index (κ3) is 4.96. The van der Waals surface area contributed by atoms with Crippen LogP contribution in [0.1, 0.15) is 25.3 Å². The van der Waals surface area contributed by atoms with Crippen molar-refractivity contribution in [3.8, 4) is 11.5 Å². The van der Waals surface area contributed by atoms with Crippen LogP contribution < -0.4 is 14.6 Å². The minimum atomic E-state index is -1.35. The van der Waals surface area contributed by atoms with Crippen LogP contribution >= 0.6 is 24.0 Å². The van der Waals surface area contributed by atoms with Crippen LogP contribution in [0.5, 0.6) is 11.5 Å². The molecule has 0 saturated carbocycles. The lowest BCUT2D eigenvalue weighted by molar-refractivity contribution is -0.305. The number of ether oxygens (including phenoxy) is 2. The largest absolute Gasteiger partial charge is 0.548 e. The maximum Gasteiger partial charge on any atom is 0.266 e. The Kier molecular flexibility index (Phi) is 6.83. The highest BCUT2D eigenvalue weighted by Crippen LogP contribution is 2.34. The van der Waals surface area contributed by atoms with Crippen LogP contribution in [-0.4, -0.2) is 41.4 Å². The predicted octanol–water partition coefficient (Wildman–Crippen LogP) is 1.83. The summed E-state index contributed by atoms with van der Waals surface area (Å²) >= 11 is 6.11. The Balaban J connectivity index is 2.19. The molecule has 0 bridgehead atoms. The first-order valence-corrected chi connectivity index (χ1v) is 8.94. The second-order valence-electron chi connectivity index (χ2n) is 5.25. The minimum absolute atomic E-state index is 0.201. The molecule has 1 heterocycles. The van der Waals surface area contributed by atoms with Crippen LogP contribution in [-0.2, 0) is 9.59 Å². The molecule has 25 heavy (non-hydrogen) atoms. The third-order valence-corrected chi connectivity index (χ3v) is 4.78. The summed E-state index contributed by atoms with van der Waals surface area (Å²) in [4.78, 5) is 24.3. The molecule has 1 aromatic rings. The van der Waals surface area contributed by atoms with Crippen molar-refractivity contribution in [3.63, 3.8) is 0 Å². The first-order valence-electron chi connectivity index (χ1n) is 7.72. The summed E-state index contributed by atoms with van der Waals surface area (Å²) in [5.41, 5.74) is 0.730. The Morgan fingerprint density at radius 1 is 1.40 bits per heavy atom. The molecule has 1 fully saturated rings. The smallest absolute Gasteiger partial charge is 0.266 e. The van der Waals surface area contributed by atoms with E-state index < -0.39 is 18.4 Å². The molecule has 1 aliphatic heterocycles. The van der Waals surface area contributed by atoms with E-state index in [1.54, 1.807) is 31.4 Å². The molecule has 8 heteroatoms. The number of methoxy groups -OCH3 is 1. The number of aliphatic carboxylic acids is 1. The molecule has 0 spiro atoms. The SMILES string of the molecule is CCCCOc1ccc(/C=C2\SC(=S)N(CC(=O)[O-])C2=O)cc1OC. The van der Waals surface area contributed by atoms with Gasteiger partial charge in [0.05, 0.1) is 31.1 Å². The van der Waals surface area contributed by atoms with E-state index in [0.29, 0.717) is 23.0 Å². The minimum Gasteiger partial charge on any atom is -0.548 e. The van der Waals surface area contributed by atoms with E-state index in [1.165, 1.54) is 0 Å². The number of benzene rings is 1. The average Bonchev–Trinajstić information content (AvgIpc) is 2.83. The summed E-state index contributed by atoms with van der Waals surface area (Å²) in [7, 11) is 1.55. The van der Waals surface area contributed by atoms with E-state index >= 15 is 0 Å². The molecule has 0 N–H and O–H groups in total. The van der Waals surface area contributed by atoms with Crippen LogP contribution in [0.25, 0.3) is 6.08 Å². The van der Waals surface area contributed by atoms with Gasteiger partial charge in [0.25, 0.3) is 5.91 Å². The number of nitrogens with zero attached hydrogens (tertiary/aromatic N) is 1. The topological polar surface area (TPSA) is 78.9 Å². The molecule has 1 saturated heterocycles. The molecule has 0 radical (unpaired) electrons. The fourth-order valence-electron chi connectivity index (χ4n) is 2.14. The van der Waals surface area contributed by atoms with E-state index in [0.717, 1.165) is 35.1 Å². The number of amides is 1. The molecule has 134 valence electrons. The van der Waals surface area contributed by atoms with Crippen LogP contribution in [0.2, 0.25) is 0 Å². The number of carbonyl (C=O) groups is 2. The number of carboxylic acids is 1. The van der Waals surface area contributed by atoms with Gasteiger partial charge < -0.3 is 19.4 Å². The zero-order chi connectivity index (χ0) is 18.4. The lowest BCUT2D eigenvalue weighted by atomic mass is 10.2. The van der Waals surface area contributed by atoms with Gasteiger partial charge in [0.15, 0.2) is 11.5 Å². The molecule has 2 rings (SSSR count). The maximum atomic E-state index is 12.3. The van der Waals surface area contributed by atoms with Crippen molar-refractivity contribution in [3.05, 3.63) is 28.7 Å². The van der Waals surface area contributed by atoms with Crippen molar-refractivity contribution in [1.82, 2.24) is 4.90 Å². The maximum absolute atomic E-state index is 12.3. The Hall–Kier alpha value is -2.06. The second-order valence-corrected chi connectivity index (χ2v) is 6.93. The van der Waals surface area contributed by atoms with Crippen molar-refractivity contribution in [2.24, 2.45) is 0 Å². The molecule has 0 aromatic heterocycles. The first-order chi connectivity index (χ1) is 12.0. The first kappa shape index (κ1) is 19.3. The summed E-state index contributed by atoms with van der Waals surface area (Å²) in [5.74, 6) is -0.595. The van der Waals surface area contributed by atoms with Crippen molar-refractivity contribution in [1.29, 1.82) is 0 Å². The number of carboxylic acid groups (broad SMARTS) is 1. The van der Waals surface area contributed by atoms with Gasteiger partial charge in [-0.05, 0) is 30.2 Å². The zero-order valence-corrected chi connectivity index (χ0v) is 15.6. The van der Waals surface area contributed by atoms with Crippen LogP contribution in [0, 0.1) is 0 Å². The lowest BCUT2D eigenvalue weighted by Gasteiger charge is -2.14. The van der Waals surface area contributed by atoms with Crippen LogP contribution in [0.15, 0.2) is 23.1 Å². The van der Waals surface area contributed by atoms with Crippen molar-refractivity contribution >= 4 is 46.3 Å². The Bertz CT molecular complexity index is 717. The van der Waals surface area contributed by atoms with Gasteiger partial charge in [0.1, 0.15) is 4.32 Å². The van der Waals surface area contributed by atoms with Gasteiger partial charge in [-0.2, -0.15) is 0 Å². The molecule has 0 unspecified atom stereocenters. The Morgan fingerprint density at radius 3 is 2.80 bits per heavy atom. The molecule has 6 nitrogen and oxygen atoms in total. The lowest BCUT2D eigenvalue weighted by Crippen LogP contribution is -2.40. The highest BCUT2D eigenvalue weighted by atomic mass is 32.2. The molecule has 0 aliphatic carbocycles. The fourth-order valence-corrected chi connectivity index (χ4v) is 3.39. The van der Waals surface area contributed by atoms with Gasteiger partial charge in [-0.25, -0.2) is 0 Å². The number of hydrogen-bond donors (Lipinski definition) is 0. The van der Waals surface area contributed by atoms with E-state index in [-0.39, 0.29) is 4.32 Å². The van der Waals surface area contributed by atoms with E-state index in [4.69, 9.17) is 21.7 Å². The standard InChI is InChI=1S/C17H19NO5S2/c1-3-4-7-23-12-6-5-11(8-13(12)22-2)9-14-16(21)18(10-15(19)20)17(24)25-14/h5-6,8-9H,3-4,7,10H2,1-2H3,(H,19,20)/p-1/b14-9-. The van der Waals surface area contributed by atoms with Gasteiger partial charge in [-0.3, -0.25) is 9.69 Å². The fraction of sp³-hybridized carbons (Fsp3) is 0.353. The number of hydrogen-bond acceptors (Lipinski definition) is 7. The van der Waals surface area contributed by atoms with Crippen molar-refractivity contribution in [2.75, 3.05) is 20.3 Å². The predicted molar refractivity (Wildman–Crippen MR) is 98.3 cm³/mol. The number of carbonyl (C=O) groups excluding carboxylic acids is 2. The molecule has 1 aromatic carbocycles. The number of thioether (sulfide) groups is 1. The van der Waals surface area contributed by atoms with Gasteiger partial charge in [0, 0.05) is 0 Å². The molecule has 0 atom stereocenters. The number of thiocarbonyl (C=S) groups is 1. The van der Waals surface area contributed by atoms with Gasteiger partial charge in [-0.15, -0.1) is 0 Å². The van der Waals surface area contributed by atoms with Crippen molar-refractivity contribution < 1.29 is 24.2 Å². The zero-order valence-electron chi connectivity index (χ0n) is 13.9. The Labute approximate surface area is 155 Å². The summed E-state index contributed by atoms with van der Waals surface area (Å²) in [6.45, 7) is 2.14. The summed E-state index contributed by atoms with van der Waals surface area (Å²) in [6, 6.07) is 5.34. The number of unbranched alkanes of at least 4 members (excludes halogenated alkanes) is 1. The van der Waals surface area contributed by atoms with E-state index in [2.05, 4.69) is 6.92 Å². The second kappa shape index (κ2) is 8.87. The van der Waals surface area contributed by atoms with Gasteiger partial charge in [0.2, 0.25) is 0 Å². The highest BCUT2D eigenvalue weighted by Gasteiger charge is 2.31. The van der Waals surface area contributed by atoms with Gasteiger partial charge >= 0.3 is 0 Å². The van der Waals surface area contributed by atoms with Crippen molar-refractivity contribution in [2.45, 2.75) is 19.8 Å². The summed E-state index contributed by atoms with van der Waals surface area (Å²) < 4.78 is 11.2. The Morgan fingerprint density at radius 2 is 2.16 bits per heavy atom. The van der Waals surface area contributed by atoms with E-state index in [1.807, 2.05) is 0 Å². The molecular weight excluding hydrogens is 362 g/mol. The highest BCUT2D eigenvalue weighted by molar-refractivity contribution is 8.26. The molecule has 1 amide bonds. The molecule has 1 aliphatic rings. The third-order valence-electron chi connectivity index (χ3n) is 3.40. The summed E-state index contributed by atoms with van der Waals surface area (Å²) in [6.07, 6.45) is 3.63. The monoisotopic (exact) mass is 380 g/mol. The average molecular weight is 380 g/mol. The normalized spacial score (nSPS) is 15.8. The quantitative estimate of drug-likeness (QED) is 0.387. The molecular formula is C17H18NO5S2-. The number of rotatable bonds is 8. The summed E-state index contributed by atoms with van der Waals surface area (Å²) in [5, 5.41) is 10.7. The van der Waals surface area contributed by atoms with Crippen LogP contribution in [0.4, 0.5) is 0 Å². The van der Waals surface area contributed by atoms with E-state index in [9.17, 15) is 14.7 Å². The van der Waals surface area contributed by atoms with Gasteiger partial charge in [-0.1, -0.05) is 43.4 Å².